The Morgan fingerprint density at radius 3 is 2.12 bits per heavy atom. The van der Waals surface area contributed by atoms with Crippen molar-refractivity contribution in [1.82, 2.24) is 5.32 Å². The molecule has 24 heavy (non-hydrogen) atoms. The van der Waals surface area contributed by atoms with Crippen molar-refractivity contribution in [2.24, 2.45) is 5.73 Å². The molecule has 0 aliphatic carbocycles. The summed E-state index contributed by atoms with van der Waals surface area (Å²) in [4.78, 5) is 23.4. The average Bonchev–Trinajstić information content (AvgIpc) is 2.49. The van der Waals surface area contributed by atoms with Crippen LogP contribution in [-0.4, -0.2) is 35.1 Å². The molecule has 0 bridgehead atoms. The topological polar surface area (TPSA) is 81.4 Å². The van der Waals surface area contributed by atoms with E-state index >= 15 is 0 Å². The summed E-state index contributed by atoms with van der Waals surface area (Å²) in [5.74, 6) is 0.0343. The SMILES string of the molecule is CCCCCCCCCCNC(=O)[C@@H](N)CSC(=O)OC(C)(C)C. The molecule has 0 aliphatic heterocycles. The van der Waals surface area contributed by atoms with Gasteiger partial charge in [-0.2, -0.15) is 0 Å². The standard InChI is InChI=1S/C18H36N2O3S/c1-5-6-7-8-9-10-11-12-13-20-16(21)15(19)14-24-17(22)23-18(2,3)4/h15H,5-14,19H2,1-4H3,(H,20,21)/t15-/m0/s1. The molecule has 5 nitrogen and oxygen atoms in total. The molecule has 0 unspecified atom stereocenters. The molecule has 142 valence electrons. The summed E-state index contributed by atoms with van der Waals surface area (Å²) in [6.07, 6.45) is 9.86. The van der Waals surface area contributed by atoms with Crippen molar-refractivity contribution < 1.29 is 14.3 Å². The van der Waals surface area contributed by atoms with Crippen molar-refractivity contribution in [2.45, 2.75) is 90.7 Å². The number of ether oxygens (including phenoxy) is 1. The molecule has 0 radical (unpaired) electrons. The van der Waals surface area contributed by atoms with Crippen LogP contribution in [0.5, 0.6) is 0 Å². The van der Waals surface area contributed by atoms with Crippen LogP contribution in [0.25, 0.3) is 0 Å². The van der Waals surface area contributed by atoms with Crippen LogP contribution in [0.2, 0.25) is 0 Å². The number of unbranched alkanes of at least 4 members (excludes halogenated alkanes) is 7. The molecule has 1 amide bonds. The first-order valence-corrected chi connectivity index (χ1v) is 10.1. The summed E-state index contributed by atoms with van der Waals surface area (Å²) >= 11 is 0.949. The molecule has 0 fully saturated rings. The summed E-state index contributed by atoms with van der Waals surface area (Å²) in [6, 6.07) is -0.684. The fourth-order valence-electron chi connectivity index (χ4n) is 2.11. The molecule has 0 aromatic rings. The van der Waals surface area contributed by atoms with E-state index in [0.29, 0.717) is 6.54 Å². The molecule has 6 heteroatoms. The average molecular weight is 361 g/mol. The first-order valence-electron chi connectivity index (χ1n) is 9.15. The maximum Gasteiger partial charge on any atom is 0.367 e. The monoisotopic (exact) mass is 360 g/mol. The maximum absolute atomic E-state index is 11.8. The van der Waals surface area contributed by atoms with E-state index in [-0.39, 0.29) is 11.7 Å². The Balaban J connectivity index is 3.61. The highest BCUT2D eigenvalue weighted by molar-refractivity contribution is 8.13. The Kier molecular flexibility index (Phi) is 13.1. The Morgan fingerprint density at radius 1 is 1.04 bits per heavy atom. The Morgan fingerprint density at radius 2 is 1.58 bits per heavy atom. The number of hydrogen-bond donors (Lipinski definition) is 2. The van der Waals surface area contributed by atoms with Crippen molar-refractivity contribution in [3.8, 4) is 0 Å². The lowest BCUT2D eigenvalue weighted by Crippen LogP contribution is -2.42. The smallest absolute Gasteiger partial charge is 0.367 e. The minimum atomic E-state index is -0.684. The van der Waals surface area contributed by atoms with E-state index in [1.807, 2.05) is 20.8 Å². The quantitative estimate of drug-likeness (QED) is 0.402. The maximum atomic E-state index is 11.8. The van der Waals surface area contributed by atoms with E-state index in [9.17, 15) is 9.59 Å². The Bertz CT molecular complexity index is 357. The largest absolute Gasteiger partial charge is 0.452 e. The highest BCUT2D eigenvalue weighted by Gasteiger charge is 2.20. The molecule has 1 atom stereocenters. The number of thioether (sulfide) groups is 1. The van der Waals surface area contributed by atoms with Crippen molar-refractivity contribution in [3.05, 3.63) is 0 Å². The zero-order chi connectivity index (χ0) is 18.4. The van der Waals surface area contributed by atoms with Crippen molar-refractivity contribution in [3.63, 3.8) is 0 Å². The molecular weight excluding hydrogens is 324 g/mol. The van der Waals surface area contributed by atoms with Crippen molar-refractivity contribution in [1.29, 1.82) is 0 Å². The van der Waals surface area contributed by atoms with Gasteiger partial charge in [-0.05, 0) is 39.0 Å². The predicted octanol–water partition coefficient (Wildman–Crippen LogP) is 4.24. The van der Waals surface area contributed by atoms with Crippen molar-refractivity contribution >= 4 is 23.0 Å². The second-order valence-corrected chi connectivity index (χ2v) is 8.10. The molecule has 0 spiro atoms. The molecule has 0 heterocycles. The third kappa shape index (κ3) is 14.8. The van der Waals surface area contributed by atoms with Crippen LogP contribution in [0.15, 0.2) is 0 Å². The second kappa shape index (κ2) is 13.5. The van der Waals surface area contributed by atoms with Gasteiger partial charge in [-0.15, -0.1) is 0 Å². The zero-order valence-corrected chi connectivity index (χ0v) is 16.7. The summed E-state index contributed by atoms with van der Waals surface area (Å²) in [5.41, 5.74) is 5.28. The van der Waals surface area contributed by atoms with E-state index < -0.39 is 16.9 Å². The first kappa shape index (κ1) is 23.2. The fraction of sp³-hybridized carbons (Fsp3) is 0.889. The second-order valence-electron chi connectivity index (χ2n) is 7.15. The molecule has 0 rings (SSSR count). The van der Waals surface area contributed by atoms with Gasteiger partial charge < -0.3 is 15.8 Å². The summed E-state index contributed by atoms with van der Waals surface area (Å²) in [6.45, 7) is 8.30. The molecule has 0 saturated heterocycles. The number of carbonyl (C=O) groups is 2. The normalized spacial score (nSPS) is 12.7. The van der Waals surface area contributed by atoms with Crippen LogP contribution in [0.1, 0.15) is 79.1 Å². The molecular formula is C18H36N2O3S. The number of rotatable bonds is 12. The van der Waals surface area contributed by atoms with E-state index in [4.69, 9.17) is 10.5 Å². The lowest BCUT2D eigenvalue weighted by atomic mass is 10.1. The van der Waals surface area contributed by atoms with Crippen LogP contribution < -0.4 is 11.1 Å². The van der Waals surface area contributed by atoms with Gasteiger partial charge in [0.05, 0.1) is 6.04 Å². The van der Waals surface area contributed by atoms with Gasteiger partial charge in [0.2, 0.25) is 5.91 Å². The van der Waals surface area contributed by atoms with Crippen LogP contribution in [0.3, 0.4) is 0 Å². The van der Waals surface area contributed by atoms with Gasteiger partial charge >= 0.3 is 5.30 Å². The van der Waals surface area contributed by atoms with E-state index in [1.54, 1.807) is 0 Å². The fourth-order valence-corrected chi connectivity index (χ4v) is 2.89. The van der Waals surface area contributed by atoms with Gasteiger partial charge in [-0.1, -0.05) is 51.9 Å². The summed E-state index contributed by atoms with van der Waals surface area (Å²) in [5, 5.41) is 2.44. The minimum Gasteiger partial charge on any atom is -0.452 e. The highest BCUT2D eigenvalue weighted by Crippen LogP contribution is 2.15. The number of carbonyl (C=O) groups excluding carboxylic acids is 2. The summed E-state index contributed by atoms with van der Waals surface area (Å²) in [7, 11) is 0. The molecule has 0 aromatic heterocycles. The van der Waals surface area contributed by atoms with E-state index in [1.165, 1.54) is 38.5 Å². The van der Waals surface area contributed by atoms with Gasteiger partial charge in [-0.25, -0.2) is 4.79 Å². The summed E-state index contributed by atoms with van der Waals surface area (Å²) < 4.78 is 5.17. The molecule has 0 saturated carbocycles. The highest BCUT2D eigenvalue weighted by atomic mass is 32.2. The third-order valence-corrected chi connectivity index (χ3v) is 4.28. The van der Waals surface area contributed by atoms with Crippen LogP contribution in [0, 0.1) is 0 Å². The molecule has 0 aliphatic rings. The zero-order valence-electron chi connectivity index (χ0n) is 15.9. The Labute approximate surface area is 151 Å². The van der Waals surface area contributed by atoms with Crippen LogP contribution in [-0.2, 0) is 9.53 Å². The van der Waals surface area contributed by atoms with Crippen LogP contribution in [0.4, 0.5) is 4.79 Å². The lowest BCUT2D eigenvalue weighted by molar-refractivity contribution is -0.121. The number of nitrogens with one attached hydrogen (secondary N) is 1. The van der Waals surface area contributed by atoms with E-state index in [2.05, 4.69) is 12.2 Å². The lowest BCUT2D eigenvalue weighted by Gasteiger charge is -2.19. The molecule has 3 N–H and O–H groups in total. The number of amides is 1. The van der Waals surface area contributed by atoms with Gasteiger partial charge in [-0.3, -0.25) is 4.79 Å². The van der Waals surface area contributed by atoms with Crippen molar-refractivity contribution in [2.75, 3.05) is 12.3 Å². The van der Waals surface area contributed by atoms with E-state index in [0.717, 1.165) is 24.6 Å². The number of hydrogen-bond acceptors (Lipinski definition) is 5. The Hall–Kier alpha value is -0.750. The number of nitrogens with two attached hydrogens (primary N) is 1. The predicted molar refractivity (Wildman–Crippen MR) is 102 cm³/mol. The van der Waals surface area contributed by atoms with Gasteiger partial charge in [0.25, 0.3) is 0 Å². The van der Waals surface area contributed by atoms with Gasteiger partial charge in [0, 0.05) is 12.3 Å². The first-order chi connectivity index (χ1) is 11.3. The van der Waals surface area contributed by atoms with Crippen LogP contribution >= 0.6 is 11.8 Å². The molecule has 0 aromatic carbocycles. The minimum absolute atomic E-state index is 0.200. The third-order valence-electron chi connectivity index (χ3n) is 3.44. The van der Waals surface area contributed by atoms with Gasteiger partial charge in [0.15, 0.2) is 0 Å². The van der Waals surface area contributed by atoms with Gasteiger partial charge in [0.1, 0.15) is 5.60 Å².